The minimum atomic E-state index is 0.848. The van der Waals surface area contributed by atoms with Gasteiger partial charge in [-0.3, -0.25) is 0 Å². The van der Waals surface area contributed by atoms with E-state index in [0.29, 0.717) is 0 Å². The Morgan fingerprint density at radius 3 is 2.85 bits per heavy atom. The number of benzene rings is 2. The van der Waals surface area contributed by atoms with E-state index in [1.165, 1.54) is 27.8 Å². The van der Waals surface area contributed by atoms with E-state index < -0.39 is 0 Å². The molecule has 0 radical (unpaired) electrons. The van der Waals surface area contributed by atoms with Crippen molar-refractivity contribution in [1.29, 1.82) is 0 Å². The van der Waals surface area contributed by atoms with Crippen molar-refractivity contribution >= 4 is 6.08 Å². The van der Waals surface area contributed by atoms with Crippen molar-refractivity contribution in [3.8, 4) is 16.9 Å². The first-order valence-electron chi connectivity index (χ1n) is 7.27. The van der Waals surface area contributed by atoms with Gasteiger partial charge in [0.2, 0.25) is 0 Å². The molecule has 1 aliphatic heterocycles. The number of hydrogen-bond donors (Lipinski definition) is 0. The fourth-order valence-corrected chi connectivity index (χ4v) is 2.77. The molecule has 0 saturated carbocycles. The van der Waals surface area contributed by atoms with Crippen LogP contribution in [0.15, 0.2) is 42.5 Å². The zero-order valence-corrected chi connectivity index (χ0v) is 12.1. The lowest BCUT2D eigenvalue weighted by Gasteiger charge is -2.18. The number of rotatable bonds is 2. The molecule has 0 spiro atoms. The van der Waals surface area contributed by atoms with Gasteiger partial charge in [-0.2, -0.15) is 0 Å². The van der Waals surface area contributed by atoms with E-state index in [1.54, 1.807) is 0 Å². The summed E-state index contributed by atoms with van der Waals surface area (Å²) in [6.07, 6.45) is 6.50. The van der Waals surface area contributed by atoms with E-state index in [4.69, 9.17) is 4.74 Å². The van der Waals surface area contributed by atoms with Crippen LogP contribution < -0.4 is 4.74 Å². The molecule has 1 nitrogen and oxygen atoms in total. The molecule has 0 unspecified atom stereocenters. The highest BCUT2D eigenvalue weighted by Gasteiger charge is 2.12. The van der Waals surface area contributed by atoms with Crippen LogP contribution in [0.1, 0.15) is 30.0 Å². The molecule has 0 bridgehead atoms. The molecule has 102 valence electrons. The number of hydrogen-bond acceptors (Lipinski definition) is 1. The van der Waals surface area contributed by atoms with Crippen molar-refractivity contribution in [1.82, 2.24) is 0 Å². The van der Waals surface area contributed by atoms with Gasteiger partial charge >= 0.3 is 0 Å². The first-order chi connectivity index (χ1) is 9.78. The van der Waals surface area contributed by atoms with Crippen molar-refractivity contribution in [2.24, 2.45) is 0 Å². The molecule has 0 N–H and O–H groups in total. The molecule has 3 rings (SSSR count). The summed E-state index contributed by atoms with van der Waals surface area (Å²) in [6.45, 7) is 5.05. The Morgan fingerprint density at radius 1 is 1.10 bits per heavy atom. The maximum atomic E-state index is 5.70. The molecule has 0 saturated heterocycles. The number of aryl methyl sites for hydroxylation is 2. The Kier molecular flexibility index (Phi) is 3.60. The third-order valence-electron chi connectivity index (χ3n) is 3.77. The lowest BCUT2D eigenvalue weighted by atomic mass is 9.94. The van der Waals surface area contributed by atoms with Crippen LogP contribution in [0, 0.1) is 6.92 Å². The maximum Gasteiger partial charge on any atom is 0.122 e. The average Bonchev–Trinajstić information content (AvgIpc) is 2.49. The van der Waals surface area contributed by atoms with Gasteiger partial charge in [-0.05, 0) is 61.1 Å². The number of allylic oxidation sites excluding steroid dienone is 1. The predicted molar refractivity (Wildman–Crippen MR) is 85.1 cm³/mol. The summed E-state index contributed by atoms with van der Waals surface area (Å²) in [5, 5.41) is 0. The van der Waals surface area contributed by atoms with Gasteiger partial charge in [-0.1, -0.05) is 42.0 Å². The van der Waals surface area contributed by atoms with Gasteiger partial charge in [0.15, 0.2) is 0 Å². The SMILES string of the molecule is C/C=C\c1ccc(C)cc1-c1ccc2c(c1)CCCO2. The first-order valence-corrected chi connectivity index (χ1v) is 7.27. The Morgan fingerprint density at radius 2 is 2.00 bits per heavy atom. The molecule has 0 aromatic heterocycles. The Hall–Kier alpha value is -2.02. The molecule has 0 atom stereocenters. The van der Waals surface area contributed by atoms with Crippen molar-refractivity contribution in [3.63, 3.8) is 0 Å². The average molecular weight is 264 g/mol. The lowest BCUT2D eigenvalue weighted by Crippen LogP contribution is -2.08. The van der Waals surface area contributed by atoms with Crippen LogP contribution in [-0.2, 0) is 6.42 Å². The maximum absolute atomic E-state index is 5.70. The minimum absolute atomic E-state index is 0.848. The highest BCUT2D eigenvalue weighted by atomic mass is 16.5. The third-order valence-corrected chi connectivity index (χ3v) is 3.77. The van der Waals surface area contributed by atoms with Crippen molar-refractivity contribution in [3.05, 3.63) is 59.2 Å². The summed E-state index contributed by atoms with van der Waals surface area (Å²) in [4.78, 5) is 0. The second kappa shape index (κ2) is 5.54. The van der Waals surface area contributed by atoms with Crippen LogP contribution >= 0.6 is 0 Å². The third kappa shape index (κ3) is 2.49. The van der Waals surface area contributed by atoms with Gasteiger partial charge in [-0.15, -0.1) is 0 Å². The van der Waals surface area contributed by atoms with Gasteiger partial charge in [0.25, 0.3) is 0 Å². The molecule has 1 aliphatic rings. The van der Waals surface area contributed by atoms with E-state index in [1.807, 2.05) is 0 Å². The molecule has 2 aromatic rings. The monoisotopic (exact) mass is 264 g/mol. The Bertz CT molecular complexity index is 653. The summed E-state index contributed by atoms with van der Waals surface area (Å²) in [5.41, 5.74) is 6.49. The Labute approximate surface area is 120 Å². The van der Waals surface area contributed by atoms with Gasteiger partial charge in [0.1, 0.15) is 5.75 Å². The van der Waals surface area contributed by atoms with Crippen LogP contribution in [0.3, 0.4) is 0 Å². The highest BCUT2D eigenvalue weighted by Crippen LogP contribution is 2.32. The predicted octanol–water partition coefficient (Wildman–Crippen LogP) is 5.02. The second-order valence-corrected chi connectivity index (χ2v) is 5.37. The van der Waals surface area contributed by atoms with Crippen LogP contribution in [0.4, 0.5) is 0 Å². The number of fused-ring (bicyclic) bond motifs is 1. The summed E-state index contributed by atoms with van der Waals surface area (Å²) in [5.74, 6) is 1.06. The Balaban J connectivity index is 2.10. The molecule has 0 aliphatic carbocycles. The normalized spacial score (nSPS) is 14.1. The molecular weight excluding hydrogens is 244 g/mol. The van der Waals surface area contributed by atoms with Gasteiger partial charge in [0, 0.05) is 0 Å². The summed E-state index contributed by atoms with van der Waals surface area (Å²) in [7, 11) is 0. The molecule has 1 heteroatoms. The van der Waals surface area contributed by atoms with Crippen LogP contribution in [-0.4, -0.2) is 6.61 Å². The van der Waals surface area contributed by atoms with E-state index in [0.717, 1.165) is 25.2 Å². The molecule has 0 amide bonds. The fourth-order valence-electron chi connectivity index (χ4n) is 2.77. The van der Waals surface area contributed by atoms with Crippen LogP contribution in [0.2, 0.25) is 0 Å². The standard InChI is InChI=1S/C19H20O/c1-3-5-15-8-7-14(2)12-18(15)16-9-10-19-17(13-16)6-4-11-20-19/h3,5,7-10,12-13H,4,6,11H2,1-2H3/b5-3-. The topological polar surface area (TPSA) is 9.23 Å². The first kappa shape index (κ1) is 13.0. The fraction of sp³-hybridized carbons (Fsp3) is 0.263. The van der Waals surface area contributed by atoms with E-state index >= 15 is 0 Å². The molecule has 20 heavy (non-hydrogen) atoms. The van der Waals surface area contributed by atoms with Gasteiger partial charge in [-0.25, -0.2) is 0 Å². The summed E-state index contributed by atoms with van der Waals surface area (Å²) in [6, 6.07) is 13.2. The van der Waals surface area contributed by atoms with Gasteiger partial charge in [0.05, 0.1) is 6.61 Å². The van der Waals surface area contributed by atoms with Crippen LogP contribution in [0.25, 0.3) is 17.2 Å². The largest absolute Gasteiger partial charge is 0.493 e. The zero-order chi connectivity index (χ0) is 13.9. The van der Waals surface area contributed by atoms with E-state index in [-0.39, 0.29) is 0 Å². The quantitative estimate of drug-likeness (QED) is 0.740. The number of ether oxygens (including phenoxy) is 1. The lowest BCUT2D eigenvalue weighted by molar-refractivity contribution is 0.288. The molecule has 0 fully saturated rings. The molecular formula is C19H20O. The van der Waals surface area contributed by atoms with Crippen molar-refractivity contribution in [2.45, 2.75) is 26.7 Å². The van der Waals surface area contributed by atoms with Crippen molar-refractivity contribution in [2.75, 3.05) is 6.61 Å². The zero-order valence-electron chi connectivity index (χ0n) is 12.1. The second-order valence-electron chi connectivity index (χ2n) is 5.37. The summed E-state index contributed by atoms with van der Waals surface area (Å²) >= 11 is 0. The van der Waals surface area contributed by atoms with Gasteiger partial charge < -0.3 is 4.74 Å². The van der Waals surface area contributed by atoms with E-state index in [2.05, 4.69) is 62.4 Å². The molecule has 2 aromatic carbocycles. The smallest absolute Gasteiger partial charge is 0.122 e. The molecule has 1 heterocycles. The highest BCUT2D eigenvalue weighted by molar-refractivity contribution is 5.76. The van der Waals surface area contributed by atoms with Crippen LogP contribution in [0.5, 0.6) is 5.75 Å². The van der Waals surface area contributed by atoms with Crippen molar-refractivity contribution < 1.29 is 4.74 Å². The summed E-state index contributed by atoms with van der Waals surface area (Å²) < 4.78 is 5.70. The van der Waals surface area contributed by atoms with E-state index in [9.17, 15) is 0 Å². The minimum Gasteiger partial charge on any atom is -0.493 e.